The number of carboxylic acid groups (broad SMARTS) is 1. The molecule has 19 heavy (non-hydrogen) atoms. The Morgan fingerprint density at radius 2 is 2.16 bits per heavy atom. The van der Waals surface area contributed by atoms with E-state index in [2.05, 4.69) is 10.3 Å². The van der Waals surface area contributed by atoms with Gasteiger partial charge in [0.15, 0.2) is 5.96 Å². The van der Waals surface area contributed by atoms with Crippen LogP contribution >= 0.6 is 0 Å². The van der Waals surface area contributed by atoms with E-state index in [1.807, 2.05) is 0 Å². The summed E-state index contributed by atoms with van der Waals surface area (Å²) < 4.78 is 5.07. The average molecular weight is 272 g/mol. The monoisotopic (exact) mass is 272 g/mol. The van der Waals surface area contributed by atoms with Crippen molar-refractivity contribution in [2.45, 2.75) is 25.1 Å². The van der Waals surface area contributed by atoms with Gasteiger partial charge in [0.2, 0.25) is 11.7 Å². The number of carbonyl (C=O) groups excluding carboxylic acids is 1. The van der Waals surface area contributed by atoms with E-state index < -0.39 is 30.8 Å². The zero-order chi connectivity index (χ0) is 14.6. The SMILES string of the molecule is CC(=O)N[C@@H]1[C@@H](N=C(N)N)C=C(C(=O)O)O[C@H]1CO. The van der Waals surface area contributed by atoms with Gasteiger partial charge in [-0.2, -0.15) is 0 Å². The van der Waals surface area contributed by atoms with Crippen molar-refractivity contribution in [3.8, 4) is 0 Å². The van der Waals surface area contributed by atoms with Gasteiger partial charge in [0.05, 0.1) is 18.7 Å². The molecule has 0 saturated carbocycles. The largest absolute Gasteiger partial charge is 0.479 e. The Labute approximate surface area is 108 Å². The first-order valence-electron chi connectivity index (χ1n) is 5.43. The summed E-state index contributed by atoms with van der Waals surface area (Å²) in [5, 5.41) is 20.6. The molecule has 0 radical (unpaired) electrons. The molecule has 9 nitrogen and oxygen atoms in total. The summed E-state index contributed by atoms with van der Waals surface area (Å²) in [5.74, 6) is -2.33. The molecule has 0 unspecified atom stereocenters. The van der Waals surface area contributed by atoms with Crippen molar-refractivity contribution in [3.63, 3.8) is 0 Å². The number of aliphatic hydroxyl groups excluding tert-OH is 1. The first kappa shape index (κ1) is 14.8. The van der Waals surface area contributed by atoms with Crippen LogP contribution in [-0.2, 0) is 14.3 Å². The smallest absolute Gasteiger partial charge is 0.370 e. The van der Waals surface area contributed by atoms with Gasteiger partial charge in [-0.15, -0.1) is 0 Å². The molecule has 0 aliphatic carbocycles. The predicted molar refractivity (Wildman–Crippen MR) is 64.9 cm³/mol. The number of nitrogens with two attached hydrogens (primary N) is 2. The van der Waals surface area contributed by atoms with Crippen LogP contribution in [0.25, 0.3) is 0 Å². The zero-order valence-corrected chi connectivity index (χ0v) is 10.2. The van der Waals surface area contributed by atoms with Crippen LogP contribution in [0.3, 0.4) is 0 Å². The standard InChI is InChI=1S/C10H16N4O5/c1-4(16)13-8-5(14-10(11)12)2-6(9(17)18)19-7(8)3-15/h2,5,7-8,15H,3H2,1H3,(H,13,16)(H,17,18)(H4,11,12,14)/t5-,7-,8+/m0/s1. The van der Waals surface area contributed by atoms with E-state index in [1.54, 1.807) is 0 Å². The normalized spacial score (nSPS) is 25.8. The third-order valence-corrected chi connectivity index (χ3v) is 2.43. The van der Waals surface area contributed by atoms with E-state index in [9.17, 15) is 14.7 Å². The van der Waals surface area contributed by atoms with Crippen LogP contribution in [0.4, 0.5) is 0 Å². The molecular formula is C10H16N4O5. The van der Waals surface area contributed by atoms with Crippen LogP contribution in [0.5, 0.6) is 0 Å². The molecule has 0 aromatic heterocycles. The maximum atomic E-state index is 11.1. The fraction of sp³-hybridized carbons (Fsp3) is 0.500. The van der Waals surface area contributed by atoms with Gasteiger partial charge in [-0.1, -0.05) is 0 Å². The van der Waals surface area contributed by atoms with Crippen LogP contribution in [0.1, 0.15) is 6.92 Å². The molecule has 0 fully saturated rings. The van der Waals surface area contributed by atoms with Crippen molar-refractivity contribution in [1.82, 2.24) is 5.32 Å². The van der Waals surface area contributed by atoms with Gasteiger partial charge in [-0.3, -0.25) is 4.79 Å². The van der Waals surface area contributed by atoms with Crippen LogP contribution in [-0.4, -0.2) is 52.8 Å². The molecule has 9 heteroatoms. The van der Waals surface area contributed by atoms with Gasteiger partial charge >= 0.3 is 5.97 Å². The average Bonchev–Trinajstić information content (AvgIpc) is 2.29. The summed E-state index contributed by atoms with van der Waals surface area (Å²) in [6.45, 7) is 0.781. The van der Waals surface area contributed by atoms with Gasteiger partial charge in [-0.05, 0) is 6.08 Å². The van der Waals surface area contributed by atoms with E-state index in [4.69, 9.17) is 21.3 Å². The fourth-order valence-electron chi connectivity index (χ4n) is 1.73. The Balaban J connectivity index is 3.12. The number of hydrogen-bond donors (Lipinski definition) is 5. The van der Waals surface area contributed by atoms with E-state index >= 15 is 0 Å². The number of aliphatic imine (C=N–C) groups is 1. The van der Waals surface area contributed by atoms with Crippen molar-refractivity contribution in [2.75, 3.05) is 6.61 Å². The molecule has 0 aromatic rings. The van der Waals surface area contributed by atoms with Gasteiger partial charge in [-0.25, -0.2) is 9.79 Å². The quantitative estimate of drug-likeness (QED) is 0.279. The second-order valence-electron chi connectivity index (χ2n) is 3.95. The highest BCUT2D eigenvalue weighted by Gasteiger charge is 2.37. The number of carbonyl (C=O) groups is 2. The molecule has 1 heterocycles. The number of nitrogens with zero attached hydrogens (tertiary/aromatic N) is 1. The lowest BCUT2D eigenvalue weighted by atomic mass is 9.99. The number of ether oxygens (including phenoxy) is 1. The highest BCUT2D eigenvalue weighted by molar-refractivity contribution is 5.85. The summed E-state index contributed by atoms with van der Waals surface area (Å²) in [6, 6.07) is -1.58. The molecule has 0 bridgehead atoms. The summed E-state index contributed by atoms with van der Waals surface area (Å²) >= 11 is 0. The molecule has 0 spiro atoms. The van der Waals surface area contributed by atoms with Crippen LogP contribution in [0.15, 0.2) is 16.8 Å². The van der Waals surface area contributed by atoms with E-state index in [0.29, 0.717) is 0 Å². The number of hydrogen-bond acceptors (Lipinski definition) is 5. The Morgan fingerprint density at radius 1 is 1.53 bits per heavy atom. The maximum absolute atomic E-state index is 11.1. The van der Waals surface area contributed by atoms with Crippen molar-refractivity contribution in [1.29, 1.82) is 0 Å². The molecule has 0 saturated heterocycles. The van der Waals surface area contributed by atoms with E-state index in [1.165, 1.54) is 13.0 Å². The molecule has 1 rings (SSSR count). The molecule has 1 aliphatic rings. The van der Waals surface area contributed by atoms with Crippen molar-refractivity contribution in [2.24, 2.45) is 16.5 Å². The minimum atomic E-state index is -1.31. The number of aliphatic carboxylic acids is 1. The minimum Gasteiger partial charge on any atom is -0.479 e. The lowest BCUT2D eigenvalue weighted by Crippen LogP contribution is -2.54. The number of carboxylic acids is 1. The molecular weight excluding hydrogens is 256 g/mol. The second kappa shape index (κ2) is 6.05. The summed E-state index contributed by atoms with van der Waals surface area (Å²) in [7, 11) is 0. The molecule has 106 valence electrons. The Kier molecular flexibility index (Phi) is 4.70. The summed E-state index contributed by atoms with van der Waals surface area (Å²) in [5.41, 5.74) is 10.5. The van der Waals surface area contributed by atoms with Crippen LogP contribution in [0, 0.1) is 0 Å². The van der Waals surface area contributed by atoms with Crippen LogP contribution in [0.2, 0.25) is 0 Å². The maximum Gasteiger partial charge on any atom is 0.370 e. The molecule has 0 aromatic carbocycles. The number of amides is 1. The lowest BCUT2D eigenvalue weighted by Gasteiger charge is -2.34. The number of guanidine groups is 1. The highest BCUT2D eigenvalue weighted by atomic mass is 16.5. The fourth-order valence-corrected chi connectivity index (χ4v) is 1.73. The van der Waals surface area contributed by atoms with Gasteiger partial charge < -0.3 is 31.7 Å². The van der Waals surface area contributed by atoms with E-state index in [-0.39, 0.29) is 17.6 Å². The minimum absolute atomic E-state index is 0.264. The Morgan fingerprint density at radius 3 is 2.58 bits per heavy atom. The van der Waals surface area contributed by atoms with Crippen molar-refractivity contribution in [3.05, 3.63) is 11.8 Å². The number of aliphatic hydroxyl groups is 1. The van der Waals surface area contributed by atoms with Crippen LogP contribution < -0.4 is 16.8 Å². The topological polar surface area (TPSA) is 160 Å². The van der Waals surface area contributed by atoms with Crippen molar-refractivity contribution < 1.29 is 24.5 Å². The lowest BCUT2D eigenvalue weighted by molar-refractivity contribution is -0.139. The van der Waals surface area contributed by atoms with E-state index in [0.717, 1.165) is 0 Å². The number of rotatable bonds is 4. The highest BCUT2D eigenvalue weighted by Crippen LogP contribution is 2.20. The summed E-state index contributed by atoms with van der Waals surface area (Å²) in [6.07, 6.45) is 0.225. The van der Waals surface area contributed by atoms with Gasteiger partial charge in [0.25, 0.3) is 0 Å². The second-order valence-corrected chi connectivity index (χ2v) is 3.95. The molecule has 7 N–H and O–H groups in total. The first-order chi connectivity index (χ1) is 8.85. The van der Waals surface area contributed by atoms with Crippen molar-refractivity contribution >= 4 is 17.8 Å². The van der Waals surface area contributed by atoms with Gasteiger partial charge in [0.1, 0.15) is 6.10 Å². The third-order valence-electron chi connectivity index (χ3n) is 2.43. The molecule has 3 atom stereocenters. The third kappa shape index (κ3) is 3.85. The Hall–Kier alpha value is -2.29. The first-order valence-corrected chi connectivity index (χ1v) is 5.43. The molecule has 1 amide bonds. The zero-order valence-electron chi connectivity index (χ0n) is 10.2. The predicted octanol–water partition coefficient (Wildman–Crippen LogP) is -2.51. The summed E-state index contributed by atoms with van der Waals surface area (Å²) in [4.78, 5) is 25.9. The Bertz CT molecular complexity index is 430. The molecule has 1 aliphatic heterocycles. The van der Waals surface area contributed by atoms with Gasteiger partial charge in [0, 0.05) is 6.92 Å². The number of nitrogens with one attached hydrogen (secondary N) is 1.